The molecule has 2 N–H and O–H groups in total. The molecule has 2 radical (unpaired) electrons. The van der Waals surface area contributed by atoms with E-state index in [2.05, 4.69) is 43.4 Å². The summed E-state index contributed by atoms with van der Waals surface area (Å²) in [6.07, 6.45) is 5.19. The summed E-state index contributed by atoms with van der Waals surface area (Å²) in [5.41, 5.74) is 2.37. The maximum atomic E-state index is 10.3. The summed E-state index contributed by atoms with van der Waals surface area (Å²) in [7, 11) is 6.15. The number of aliphatic hydroxyl groups excluding tert-OH is 1. The SMILES string of the molecule is [B]C(C)(/C=C/CCC)C(O)NC(C)c1ccc(C)cc1. The molecule has 0 aromatic heterocycles. The van der Waals surface area contributed by atoms with E-state index in [1.54, 1.807) is 0 Å². The molecule has 0 aliphatic carbocycles. The summed E-state index contributed by atoms with van der Waals surface area (Å²) in [4.78, 5) is 0. The van der Waals surface area contributed by atoms with E-state index < -0.39 is 11.5 Å². The first-order valence-electron chi connectivity index (χ1n) is 7.34. The van der Waals surface area contributed by atoms with Crippen molar-refractivity contribution in [3.63, 3.8) is 0 Å². The molecule has 3 heteroatoms. The quantitative estimate of drug-likeness (QED) is 0.450. The van der Waals surface area contributed by atoms with Gasteiger partial charge in [-0.3, -0.25) is 5.32 Å². The summed E-state index contributed by atoms with van der Waals surface area (Å²) in [5.74, 6) is 0. The second-order valence-corrected chi connectivity index (χ2v) is 5.76. The third-order valence-corrected chi connectivity index (χ3v) is 3.51. The minimum Gasteiger partial charge on any atom is -0.378 e. The number of aryl methyl sites for hydroxylation is 1. The summed E-state index contributed by atoms with van der Waals surface area (Å²) in [5, 5.41) is 12.7. The Kier molecular flexibility index (Phi) is 6.51. The number of hydrogen-bond acceptors (Lipinski definition) is 2. The van der Waals surface area contributed by atoms with Crippen LogP contribution in [0.1, 0.15) is 50.8 Å². The third-order valence-electron chi connectivity index (χ3n) is 3.51. The van der Waals surface area contributed by atoms with Crippen molar-refractivity contribution in [2.24, 2.45) is 0 Å². The minimum absolute atomic E-state index is 0.0491. The molecular weight excluding hydrogens is 245 g/mol. The fourth-order valence-electron chi connectivity index (χ4n) is 1.96. The molecule has 3 atom stereocenters. The normalized spacial score (nSPS) is 17.9. The van der Waals surface area contributed by atoms with Crippen molar-refractivity contribution >= 4 is 7.85 Å². The molecule has 1 aromatic carbocycles. The fraction of sp³-hybridized carbons (Fsp3) is 0.529. The van der Waals surface area contributed by atoms with Gasteiger partial charge in [-0.1, -0.05) is 62.2 Å². The lowest BCUT2D eigenvalue weighted by atomic mass is 9.68. The molecule has 0 saturated heterocycles. The summed E-state index contributed by atoms with van der Waals surface area (Å²) < 4.78 is 0. The number of hydrogen-bond donors (Lipinski definition) is 2. The number of aliphatic hydroxyl groups is 1. The van der Waals surface area contributed by atoms with Crippen molar-refractivity contribution in [3.8, 4) is 0 Å². The van der Waals surface area contributed by atoms with Crippen molar-refractivity contribution in [2.45, 2.75) is 58.1 Å². The van der Waals surface area contributed by atoms with Gasteiger partial charge in [0, 0.05) is 6.04 Å². The van der Waals surface area contributed by atoms with E-state index in [4.69, 9.17) is 7.85 Å². The molecule has 20 heavy (non-hydrogen) atoms. The van der Waals surface area contributed by atoms with Crippen molar-refractivity contribution in [2.75, 3.05) is 0 Å². The van der Waals surface area contributed by atoms with Crippen LogP contribution in [0.4, 0.5) is 0 Å². The summed E-state index contributed by atoms with van der Waals surface area (Å²) >= 11 is 0. The van der Waals surface area contributed by atoms with E-state index in [1.807, 2.05) is 26.0 Å². The van der Waals surface area contributed by atoms with Crippen LogP contribution in [0, 0.1) is 6.92 Å². The van der Waals surface area contributed by atoms with Gasteiger partial charge < -0.3 is 5.11 Å². The lowest BCUT2D eigenvalue weighted by molar-refractivity contribution is 0.0982. The molecule has 0 bridgehead atoms. The number of allylic oxidation sites excluding steroid dienone is 1. The molecule has 1 aromatic rings. The number of rotatable bonds is 7. The second kappa shape index (κ2) is 7.65. The zero-order valence-corrected chi connectivity index (χ0v) is 13.1. The number of unbranched alkanes of at least 4 members (excludes halogenated alkanes) is 1. The topological polar surface area (TPSA) is 32.3 Å². The molecule has 0 amide bonds. The third kappa shape index (κ3) is 5.14. The van der Waals surface area contributed by atoms with Crippen LogP contribution in [0.3, 0.4) is 0 Å². The van der Waals surface area contributed by atoms with Crippen LogP contribution in [0.25, 0.3) is 0 Å². The molecule has 0 saturated carbocycles. The highest BCUT2D eigenvalue weighted by Crippen LogP contribution is 2.28. The lowest BCUT2D eigenvalue weighted by Gasteiger charge is -2.31. The average molecular weight is 271 g/mol. The van der Waals surface area contributed by atoms with Gasteiger partial charge in [-0.15, -0.1) is 0 Å². The van der Waals surface area contributed by atoms with Crippen LogP contribution in [-0.4, -0.2) is 19.2 Å². The van der Waals surface area contributed by atoms with Crippen LogP contribution in [0.5, 0.6) is 0 Å². The monoisotopic (exact) mass is 271 g/mol. The maximum Gasteiger partial charge on any atom is 0.106 e. The standard InChI is InChI=1S/C17H26BNO/c1-5-6-7-12-17(4,18)16(20)19-14(3)15-10-8-13(2)9-11-15/h7-12,14,16,19-20H,5-6H2,1-4H3/b12-7+. The second-order valence-electron chi connectivity index (χ2n) is 5.76. The first-order valence-corrected chi connectivity index (χ1v) is 7.34. The van der Waals surface area contributed by atoms with Crippen LogP contribution < -0.4 is 5.32 Å². The predicted octanol–water partition coefficient (Wildman–Crippen LogP) is 3.67. The van der Waals surface area contributed by atoms with E-state index in [0.29, 0.717) is 0 Å². The fourth-order valence-corrected chi connectivity index (χ4v) is 1.96. The Balaban J connectivity index is 2.64. The Bertz CT molecular complexity index is 425. The Morgan fingerprint density at radius 3 is 2.50 bits per heavy atom. The van der Waals surface area contributed by atoms with Gasteiger partial charge in [0.1, 0.15) is 6.23 Å². The molecule has 3 unspecified atom stereocenters. The zero-order chi connectivity index (χ0) is 15.2. The zero-order valence-electron chi connectivity index (χ0n) is 13.1. The summed E-state index contributed by atoms with van der Waals surface area (Å²) in [6.45, 7) is 8.04. The molecule has 0 heterocycles. The molecule has 108 valence electrons. The van der Waals surface area contributed by atoms with E-state index in [1.165, 1.54) is 5.56 Å². The first-order chi connectivity index (χ1) is 9.36. The first kappa shape index (κ1) is 17.0. The molecular formula is C17H26BNO. The molecule has 1 rings (SSSR count). The number of nitrogens with one attached hydrogen (secondary N) is 1. The molecule has 0 aliphatic heterocycles. The summed E-state index contributed by atoms with van der Waals surface area (Å²) in [6, 6.07) is 8.33. The van der Waals surface area contributed by atoms with Crippen molar-refractivity contribution in [1.82, 2.24) is 5.32 Å². The highest BCUT2D eigenvalue weighted by molar-refractivity contribution is 6.16. The van der Waals surface area contributed by atoms with Gasteiger partial charge in [0.2, 0.25) is 0 Å². The van der Waals surface area contributed by atoms with Crippen LogP contribution in [-0.2, 0) is 0 Å². The highest BCUT2D eigenvalue weighted by Gasteiger charge is 2.25. The van der Waals surface area contributed by atoms with E-state index >= 15 is 0 Å². The van der Waals surface area contributed by atoms with Crippen molar-refractivity contribution < 1.29 is 5.11 Å². The van der Waals surface area contributed by atoms with Gasteiger partial charge in [-0.25, -0.2) is 0 Å². The molecule has 0 fully saturated rings. The van der Waals surface area contributed by atoms with E-state index in [-0.39, 0.29) is 6.04 Å². The molecule has 0 aliphatic rings. The Hall–Kier alpha value is -1.06. The largest absolute Gasteiger partial charge is 0.378 e. The molecule has 2 nitrogen and oxygen atoms in total. The highest BCUT2D eigenvalue weighted by atomic mass is 16.3. The Labute approximate surface area is 124 Å². The average Bonchev–Trinajstić information content (AvgIpc) is 2.39. The Morgan fingerprint density at radius 1 is 1.35 bits per heavy atom. The van der Waals surface area contributed by atoms with Crippen molar-refractivity contribution in [1.29, 1.82) is 0 Å². The smallest absolute Gasteiger partial charge is 0.106 e. The van der Waals surface area contributed by atoms with E-state index in [0.717, 1.165) is 18.4 Å². The molecule has 0 spiro atoms. The Morgan fingerprint density at radius 2 is 1.95 bits per heavy atom. The predicted molar refractivity (Wildman–Crippen MR) is 86.9 cm³/mol. The van der Waals surface area contributed by atoms with Gasteiger partial charge in [-0.05, 0) is 31.1 Å². The minimum atomic E-state index is -0.785. The van der Waals surface area contributed by atoms with Gasteiger partial charge >= 0.3 is 0 Å². The van der Waals surface area contributed by atoms with Gasteiger partial charge in [0.15, 0.2) is 0 Å². The van der Waals surface area contributed by atoms with Crippen LogP contribution in [0.15, 0.2) is 36.4 Å². The van der Waals surface area contributed by atoms with Gasteiger partial charge in [0.25, 0.3) is 0 Å². The van der Waals surface area contributed by atoms with Gasteiger partial charge in [-0.2, -0.15) is 0 Å². The van der Waals surface area contributed by atoms with Crippen LogP contribution in [0.2, 0.25) is 5.31 Å². The van der Waals surface area contributed by atoms with E-state index in [9.17, 15) is 5.11 Å². The lowest BCUT2D eigenvalue weighted by Crippen LogP contribution is -2.40. The van der Waals surface area contributed by atoms with Crippen molar-refractivity contribution in [3.05, 3.63) is 47.5 Å². The van der Waals surface area contributed by atoms with Gasteiger partial charge in [0.05, 0.1) is 7.85 Å². The number of benzene rings is 1. The van der Waals surface area contributed by atoms with Crippen LogP contribution >= 0.6 is 0 Å². The maximum absolute atomic E-state index is 10.3.